The first-order valence-corrected chi connectivity index (χ1v) is 6.08. The average molecular weight is 244 g/mol. The number of carbonyl (C=O) groups excluding carboxylic acids is 1. The molecule has 0 aliphatic carbocycles. The Hall–Kier alpha value is -0.870. The lowest BCUT2D eigenvalue weighted by molar-refractivity contribution is -0.161. The molecule has 17 heavy (non-hydrogen) atoms. The summed E-state index contributed by atoms with van der Waals surface area (Å²) in [6.07, 6.45) is 0.604. The van der Waals surface area contributed by atoms with Gasteiger partial charge < -0.3 is 14.2 Å². The van der Waals surface area contributed by atoms with Crippen LogP contribution in [0.4, 0.5) is 0 Å². The highest BCUT2D eigenvalue weighted by Crippen LogP contribution is 2.24. The van der Waals surface area contributed by atoms with Crippen molar-refractivity contribution in [2.75, 3.05) is 20.3 Å². The summed E-state index contributed by atoms with van der Waals surface area (Å²) in [5.41, 5.74) is 0.943. The van der Waals surface area contributed by atoms with Crippen LogP contribution in [0, 0.1) is 5.92 Å². The first-order valence-electron chi connectivity index (χ1n) is 6.08. The monoisotopic (exact) mass is 244 g/mol. The van der Waals surface area contributed by atoms with Gasteiger partial charge in [-0.1, -0.05) is 19.1 Å². The Labute approximate surface area is 104 Å². The van der Waals surface area contributed by atoms with Crippen LogP contribution in [0.2, 0.25) is 0 Å². The van der Waals surface area contributed by atoms with E-state index in [4.69, 9.17) is 14.2 Å². The van der Waals surface area contributed by atoms with Gasteiger partial charge in [0.15, 0.2) is 6.29 Å². The maximum absolute atomic E-state index is 11.5. The number of hydrogen-bond donors (Lipinski definition) is 0. The third-order valence-corrected chi connectivity index (χ3v) is 2.56. The second-order valence-corrected chi connectivity index (χ2v) is 3.69. The van der Waals surface area contributed by atoms with Crippen molar-refractivity contribution in [2.24, 2.45) is 5.92 Å². The summed E-state index contributed by atoms with van der Waals surface area (Å²) in [7, 11) is 1.57. The van der Waals surface area contributed by atoms with Crippen LogP contribution in [0.5, 0.6) is 0 Å². The number of esters is 1. The average Bonchev–Trinajstić information content (AvgIpc) is 2.33. The van der Waals surface area contributed by atoms with Gasteiger partial charge in [0, 0.05) is 19.6 Å². The lowest BCUT2D eigenvalue weighted by Gasteiger charge is -2.26. The fourth-order valence-electron chi connectivity index (χ4n) is 1.61. The van der Waals surface area contributed by atoms with Gasteiger partial charge in [0.1, 0.15) is 0 Å². The molecule has 0 radical (unpaired) electrons. The van der Waals surface area contributed by atoms with E-state index in [2.05, 4.69) is 6.58 Å². The highest BCUT2D eigenvalue weighted by molar-refractivity contribution is 5.70. The Balaban J connectivity index is 4.61. The van der Waals surface area contributed by atoms with E-state index in [1.54, 1.807) is 14.0 Å². The molecule has 0 aliphatic heterocycles. The summed E-state index contributed by atoms with van der Waals surface area (Å²) in [4.78, 5) is 11.5. The lowest BCUT2D eigenvalue weighted by atomic mass is 9.94. The number of rotatable bonds is 9. The third-order valence-electron chi connectivity index (χ3n) is 2.56. The zero-order valence-electron chi connectivity index (χ0n) is 11.3. The van der Waals surface area contributed by atoms with Gasteiger partial charge in [-0.2, -0.15) is 0 Å². The van der Waals surface area contributed by atoms with E-state index in [0.717, 1.165) is 12.0 Å². The molecule has 4 heteroatoms. The normalized spacial score (nSPS) is 14.1. The molecule has 0 aliphatic rings. The molecule has 0 aromatic carbocycles. The van der Waals surface area contributed by atoms with Crippen LogP contribution in [0.1, 0.15) is 33.6 Å². The van der Waals surface area contributed by atoms with E-state index < -0.39 is 6.29 Å². The Bertz CT molecular complexity index is 238. The minimum Gasteiger partial charge on any atom is -0.466 e. The maximum atomic E-state index is 11.5. The van der Waals surface area contributed by atoms with E-state index in [0.29, 0.717) is 13.2 Å². The minimum atomic E-state index is -0.433. The van der Waals surface area contributed by atoms with Crippen molar-refractivity contribution in [1.82, 2.24) is 0 Å². The van der Waals surface area contributed by atoms with Gasteiger partial charge in [-0.15, -0.1) is 0 Å². The Morgan fingerprint density at radius 2 is 1.88 bits per heavy atom. The predicted octanol–water partition coefficient (Wildman–Crippen LogP) is 2.53. The summed E-state index contributed by atoms with van der Waals surface area (Å²) in [5, 5.41) is 0. The van der Waals surface area contributed by atoms with Crippen molar-refractivity contribution in [3.05, 3.63) is 12.2 Å². The zero-order chi connectivity index (χ0) is 13.3. The molecule has 0 bridgehead atoms. The molecule has 2 atom stereocenters. The standard InChI is InChI=1S/C13H24O4/c1-6-10(4)11(9-12(14)16-7-2)13(15-5)17-8-3/h11,13H,4,6-9H2,1-3,5H3. The smallest absolute Gasteiger partial charge is 0.306 e. The lowest BCUT2D eigenvalue weighted by Crippen LogP contribution is -2.30. The SMILES string of the molecule is C=C(CC)C(CC(=O)OCC)C(OC)OCC. The number of methoxy groups -OCH3 is 1. The van der Waals surface area contributed by atoms with Crippen LogP contribution in [0.3, 0.4) is 0 Å². The number of ether oxygens (including phenoxy) is 3. The van der Waals surface area contributed by atoms with Crippen LogP contribution >= 0.6 is 0 Å². The molecular weight excluding hydrogens is 220 g/mol. The molecule has 0 fully saturated rings. The molecule has 2 unspecified atom stereocenters. The van der Waals surface area contributed by atoms with Crippen LogP contribution in [-0.2, 0) is 19.0 Å². The molecular formula is C13H24O4. The van der Waals surface area contributed by atoms with Gasteiger partial charge in [0.05, 0.1) is 13.0 Å². The molecule has 0 aromatic rings. The summed E-state index contributed by atoms with van der Waals surface area (Å²) in [6.45, 7) is 10.6. The van der Waals surface area contributed by atoms with Crippen LogP contribution in [0.25, 0.3) is 0 Å². The molecule has 0 spiro atoms. The molecule has 100 valence electrons. The second-order valence-electron chi connectivity index (χ2n) is 3.69. The van der Waals surface area contributed by atoms with Gasteiger partial charge in [-0.3, -0.25) is 4.79 Å². The fraction of sp³-hybridized carbons (Fsp3) is 0.769. The Morgan fingerprint density at radius 3 is 2.29 bits per heavy atom. The molecule has 4 nitrogen and oxygen atoms in total. The summed E-state index contributed by atoms with van der Waals surface area (Å²) in [5.74, 6) is -0.391. The van der Waals surface area contributed by atoms with Crippen molar-refractivity contribution < 1.29 is 19.0 Å². The van der Waals surface area contributed by atoms with Gasteiger partial charge in [0.2, 0.25) is 0 Å². The van der Waals surface area contributed by atoms with Crippen molar-refractivity contribution in [1.29, 1.82) is 0 Å². The van der Waals surface area contributed by atoms with Gasteiger partial charge in [-0.25, -0.2) is 0 Å². The molecule has 0 aromatic heterocycles. The zero-order valence-corrected chi connectivity index (χ0v) is 11.3. The van der Waals surface area contributed by atoms with Crippen LogP contribution < -0.4 is 0 Å². The highest BCUT2D eigenvalue weighted by atomic mass is 16.7. The molecule has 0 saturated heterocycles. The van der Waals surface area contributed by atoms with E-state index in [-0.39, 0.29) is 18.3 Å². The quantitative estimate of drug-likeness (QED) is 0.355. The van der Waals surface area contributed by atoms with E-state index in [1.807, 2.05) is 13.8 Å². The maximum Gasteiger partial charge on any atom is 0.306 e. The first-order chi connectivity index (χ1) is 8.10. The van der Waals surface area contributed by atoms with E-state index in [1.165, 1.54) is 0 Å². The number of carbonyl (C=O) groups is 1. The number of hydrogen-bond acceptors (Lipinski definition) is 4. The molecule has 0 N–H and O–H groups in total. The first kappa shape index (κ1) is 16.1. The summed E-state index contributed by atoms with van der Waals surface area (Å²) >= 11 is 0. The molecule has 0 heterocycles. The molecule has 0 rings (SSSR count). The van der Waals surface area contributed by atoms with E-state index in [9.17, 15) is 4.79 Å². The fourth-order valence-corrected chi connectivity index (χ4v) is 1.61. The third kappa shape index (κ3) is 5.84. The van der Waals surface area contributed by atoms with Crippen molar-refractivity contribution >= 4 is 5.97 Å². The van der Waals surface area contributed by atoms with Crippen LogP contribution in [-0.4, -0.2) is 32.6 Å². The Kier molecular flexibility index (Phi) is 8.72. The van der Waals surface area contributed by atoms with Crippen LogP contribution in [0.15, 0.2) is 12.2 Å². The van der Waals surface area contributed by atoms with Crippen molar-refractivity contribution in [3.63, 3.8) is 0 Å². The van der Waals surface area contributed by atoms with Gasteiger partial charge in [0.25, 0.3) is 0 Å². The van der Waals surface area contributed by atoms with Crippen molar-refractivity contribution in [3.8, 4) is 0 Å². The van der Waals surface area contributed by atoms with Crippen molar-refractivity contribution in [2.45, 2.75) is 39.9 Å². The minimum absolute atomic E-state index is 0.149. The highest BCUT2D eigenvalue weighted by Gasteiger charge is 2.26. The molecule has 0 saturated carbocycles. The molecule has 0 amide bonds. The topological polar surface area (TPSA) is 44.8 Å². The van der Waals surface area contributed by atoms with Gasteiger partial charge >= 0.3 is 5.97 Å². The van der Waals surface area contributed by atoms with Gasteiger partial charge in [-0.05, 0) is 20.3 Å². The Morgan fingerprint density at radius 1 is 1.24 bits per heavy atom. The van der Waals surface area contributed by atoms with E-state index >= 15 is 0 Å². The second kappa shape index (κ2) is 9.19. The summed E-state index contributed by atoms with van der Waals surface area (Å²) in [6, 6.07) is 0. The summed E-state index contributed by atoms with van der Waals surface area (Å²) < 4.78 is 15.7. The predicted molar refractivity (Wildman–Crippen MR) is 66.6 cm³/mol. The largest absolute Gasteiger partial charge is 0.466 e.